The minimum Gasteiger partial charge on any atom is -0.348 e. The van der Waals surface area contributed by atoms with Crippen molar-refractivity contribution in [2.24, 2.45) is 0 Å². The van der Waals surface area contributed by atoms with Crippen molar-refractivity contribution in [3.8, 4) is 6.07 Å². The Morgan fingerprint density at radius 2 is 1.69 bits per heavy atom. The maximum Gasteiger partial charge on any atom is 0.251 e. The Hall–Kier alpha value is -3.66. The van der Waals surface area contributed by atoms with E-state index in [-0.39, 0.29) is 30.7 Å². The highest BCUT2D eigenvalue weighted by molar-refractivity contribution is 5.96. The smallest absolute Gasteiger partial charge is 0.251 e. The molecule has 0 bridgehead atoms. The predicted octanol–water partition coefficient (Wildman–Crippen LogP) is 2.43. The Morgan fingerprint density at radius 3 is 2.38 bits per heavy atom. The summed E-state index contributed by atoms with van der Waals surface area (Å²) in [6.45, 7) is 1.67. The number of nitrogens with one attached hydrogen (secondary N) is 3. The number of benzene rings is 2. The number of carbonyl (C=O) groups excluding carboxylic acids is 3. The fourth-order valence-corrected chi connectivity index (χ4v) is 2.26. The summed E-state index contributed by atoms with van der Waals surface area (Å²) in [6.07, 6.45) is -0.217. The van der Waals surface area contributed by atoms with Gasteiger partial charge in [-0.2, -0.15) is 5.26 Å². The van der Waals surface area contributed by atoms with E-state index in [2.05, 4.69) is 16.0 Å². The summed E-state index contributed by atoms with van der Waals surface area (Å²) in [5.41, 5.74) is 2.33. The molecular weight excluding hydrogens is 332 g/mol. The Labute approximate surface area is 151 Å². The molecule has 7 nitrogen and oxygen atoms in total. The minimum atomic E-state index is -0.386. The maximum atomic E-state index is 12.3. The first kappa shape index (κ1) is 18.7. The maximum absolute atomic E-state index is 12.3. The fourth-order valence-electron chi connectivity index (χ4n) is 2.26. The minimum absolute atomic E-state index is 0.210. The molecule has 3 N–H and O–H groups in total. The first-order valence-electron chi connectivity index (χ1n) is 7.89. The summed E-state index contributed by atoms with van der Waals surface area (Å²) in [6, 6.07) is 15.4. The molecule has 132 valence electrons. The summed E-state index contributed by atoms with van der Waals surface area (Å²) < 4.78 is 0. The second-order valence-electron chi connectivity index (χ2n) is 5.53. The van der Waals surface area contributed by atoms with Crippen LogP contribution in [0, 0.1) is 11.3 Å². The third-order valence-corrected chi connectivity index (χ3v) is 3.35. The van der Waals surface area contributed by atoms with Gasteiger partial charge in [0.25, 0.3) is 5.91 Å². The van der Waals surface area contributed by atoms with Crippen molar-refractivity contribution in [2.45, 2.75) is 19.9 Å². The SMILES string of the molecule is CC(=O)Nc1cccc(C(=O)NCc2cccc(NC(=O)CC#N)c2)c1. The van der Waals surface area contributed by atoms with Crippen molar-refractivity contribution in [1.29, 1.82) is 5.26 Å². The molecule has 0 saturated carbocycles. The van der Waals surface area contributed by atoms with Gasteiger partial charge in [-0.1, -0.05) is 18.2 Å². The highest BCUT2D eigenvalue weighted by Gasteiger charge is 2.07. The van der Waals surface area contributed by atoms with E-state index in [1.165, 1.54) is 6.92 Å². The van der Waals surface area contributed by atoms with E-state index in [4.69, 9.17) is 5.26 Å². The van der Waals surface area contributed by atoms with Crippen LogP contribution in [0.2, 0.25) is 0 Å². The molecule has 0 atom stereocenters. The topological polar surface area (TPSA) is 111 Å². The molecule has 0 radical (unpaired) electrons. The molecule has 0 heterocycles. The van der Waals surface area contributed by atoms with Crippen LogP contribution in [-0.4, -0.2) is 17.7 Å². The van der Waals surface area contributed by atoms with E-state index in [0.29, 0.717) is 16.9 Å². The van der Waals surface area contributed by atoms with Gasteiger partial charge < -0.3 is 16.0 Å². The molecule has 0 fully saturated rings. The van der Waals surface area contributed by atoms with Gasteiger partial charge in [0.05, 0.1) is 6.07 Å². The van der Waals surface area contributed by atoms with Gasteiger partial charge in [0.2, 0.25) is 11.8 Å². The lowest BCUT2D eigenvalue weighted by Crippen LogP contribution is -2.23. The quantitative estimate of drug-likeness (QED) is 0.743. The standard InChI is InChI=1S/C19H18N4O3/c1-13(24)22-17-7-3-5-15(11-17)19(26)21-12-14-4-2-6-16(10-14)23-18(25)8-9-20/h2-7,10-11H,8,12H2,1H3,(H,21,26)(H,22,24)(H,23,25). The molecule has 2 aromatic rings. The van der Waals surface area contributed by atoms with Crippen LogP contribution >= 0.6 is 0 Å². The second-order valence-corrected chi connectivity index (χ2v) is 5.53. The normalized spacial score (nSPS) is 9.69. The monoisotopic (exact) mass is 350 g/mol. The van der Waals surface area contributed by atoms with Crippen molar-refractivity contribution in [3.63, 3.8) is 0 Å². The summed E-state index contributed by atoms with van der Waals surface area (Å²) >= 11 is 0. The Kier molecular flexibility index (Phi) is 6.46. The Balaban J connectivity index is 1.98. The lowest BCUT2D eigenvalue weighted by atomic mass is 10.1. The molecule has 7 heteroatoms. The van der Waals surface area contributed by atoms with Gasteiger partial charge in [0.15, 0.2) is 0 Å². The Morgan fingerprint density at radius 1 is 1.00 bits per heavy atom. The summed E-state index contributed by atoms with van der Waals surface area (Å²) in [7, 11) is 0. The first-order valence-corrected chi connectivity index (χ1v) is 7.89. The first-order chi connectivity index (χ1) is 12.5. The zero-order valence-electron chi connectivity index (χ0n) is 14.2. The van der Waals surface area contributed by atoms with E-state index >= 15 is 0 Å². The Bertz CT molecular complexity index is 871. The van der Waals surface area contributed by atoms with Gasteiger partial charge in [-0.15, -0.1) is 0 Å². The van der Waals surface area contributed by atoms with Crippen LogP contribution in [0.5, 0.6) is 0 Å². The molecule has 3 amide bonds. The third kappa shape index (κ3) is 5.76. The summed E-state index contributed by atoms with van der Waals surface area (Å²) in [5, 5.41) is 16.5. The fraction of sp³-hybridized carbons (Fsp3) is 0.158. The van der Waals surface area contributed by atoms with Crippen LogP contribution in [-0.2, 0) is 16.1 Å². The van der Waals surface area contributed by atoms with Crippen LogP contribution in [0.15, 0.2) is 48.5 Å². The van der Waals surface area contributed by atoms with Gasteiger partial charge >= 0.3 is 0 Å². The number of carbonyl (C=O) groups is 3. The molecule has 2 rings (SSSR count). The van der Waals surface area contributed by atoms with Gasteiger partial charge in [-0.25, -0.2) is 0 Å². The molecule has 26 heavy (non-hydrogen) atoms. The molecule has 0 unspecified atom stereocenters. The van der Waals surface area contributed by atoms with Gasteiger partial charge in [-0.05, 0) is 35.9 Å². The van der Waals surface area contributed by atoms with Crippen molar-refractivity contribution in [2.75, 3.05) is 10.6 Å². The van der Waals surface area contributed by atoms with Crippen molar-refractivity contribution >= 4 is 29.1 Å². The number of rotatable bonds is 6. The number of hydrogen-bond acceptors (Lipinski definition) is 4. The van der Waals surface area contributed by atoms with E-state index in [1.54, 1.807) is 48.5 Å². The molecule has 0 aliphatic rings. The van der Waals surface area contributed by atoms with Crippen molar-refractivity contribution in [1.82, 2.24) is 5.32 Å². The average Bonchev–Trinajstić information content (AvgIpc) is 2.60. The zero-order chi connectivity index (χ0) is 18.9. The number of nitrogens with zero attached hydrogens (tertiary/aromatic N) is 1. The molecule has 0 aliphatic heterocycles. The zero-order valence-corrected chi connectivity index (χ0v) is 14.2. The number of anilines is 2. The van der Waals surface area contributed by atoms with E-state index in [0.717, 1.165) is 5.56 Å². The van der Waals surface area contributed by atoms with Crippen LogP contribution < -0.4 is 16.0 Å². The summed E-state index contributed by atoms with van der Waals surface area (Å²) in [4.78, 5) is 34.8. The van der Waals surface area contributed by atoms with E-state index in [1.807, 2.05) is 6.07 Å². The average molecular weight is 350 g/mol. The van der Waals surface area contributed by atoms with Gasteiger partial charge in [-0.3, -0.25) is 14.4 Å². The van der Waals surface area contributed by atoms with Gasteiger partial charge in [0.1, 0.15) is 6.42 Å². The number of amides is 3. The molecule has 0 spiro atoms. The third-order valence-electron chi connectivity index (χ3n) is 3.35. The lowest BCUT2D eigenvalue weighted by molar-refractivity contribution is -0.115. The van der Waals surface area contributed by atoms with Crippen LogP contribution in [0.1, 0.15) is 29.3 Å². The molecule has 0 aromatic heterocycles. The molecule has 0 saturated heterocycles. The predicted molar refractivity (Wildman–Crippen MR) is 97.2 cm³/mol. The molecule has 2 aromatic carbocycles. The van der Waals surface area contributed by atoms with Crippen molar-refractivity contribution < 1.29 is 14.4 Å². The van der Waals surface area contributed by atoms with E-state index < -0.39 is 0 Å². The van der Waals surface area contributed by atoms with Crippen LogP contribution in [0.3, 0.4) is 0 Å². The van der Waals surface area contributed by atoms with Gasteiger partial charge in [0, 0.05) is 30.4 Å². The summed E-state index contributed by atoms with van der Waals surface area (Å²) in [5.74, 6) is -0.877. The highest BCUT2D eigenvalue weighted by Crippen LogP contribution is 2.13. The van der Waals surface area contributed by atoms with E-state index in [9.17, 15) is 14.4 Å². The number of hydrogen-bond donors (Lipinski definition) is 3. The molecule has 0 aliphatic carbocycles. The highest BCUT2D eigenvalue weighted by atomic mass is 16.2. The van der Waals surface area contributed by atoms with Crippen molar-refractivity contribution in [3.05, 3.63) is 59.7 Å². The second kappa shape index (κ2) is 8.99. The molecular formula is C19H18N4O3. The van der Waals surface area contributed by atoms with Crippen LogP contribution in [0.4, 0.5) is 11.4 Å². The van der Waals surface area contributed by atoms with Crippen LogP contribution in [0.25, 0.3) is 0 Å². The number of nitriles is 1. The largest absolute Gasteiger partial charge is 0.348 e. The lowest BCUT2D eigenvalue weighted by Gasteiger charge is -2.09.